The first-order valence-electron chi connectivity index (χ1n) is 5.92. The monoisotopic (exact) mass is 254 g/mol. The van der Waals surface area contributed by atoms with Crippen molar-refractivity contribution >= 4 is 17.4 Å². The zero-order chi connectivity index (χ0) is 12.4. The van der Waals surface area contributed by atoms with Gasteiger partial charge in [0.05, 0.1) is 5.69 Å². The average Bonchev–Trinajstić information content (AvgIpc) is 2.97. The number of carbonyl (C=O) groups excluding carboxylic acids is 1. The van der Waals surface area contributed by atoms with Gasteiger partial charge in [-0.15, -0.1) is 5.10 Å². The van der Waals surface area contributed by atoms with Crippen molar-refractivity contribution in [2.24, 2.45) is 0 Å². The maximum atomic E-state index is 12.3. The summed E-state index contributed by atoms with van der Waals surface area (Å²) in [6, 6.07) is 0.419. The van der Waals surface area contributed by atoms with Crippen molar-refractivity contribution in [1.82, 2.24) is 19.8 Å². The third kappa shape index (κ3) is 2.47. The number of hydrogen-bond donors (Lipinski definition) is 1. The molecule has 2 rings (SSSR count). The molecular weight excluding hydrogens is 236 g/mol. The summed E-state index contributed by atoms with van der Waals surface area (Å²) in [5.74, 6) is 0.330. The maximum Gasteiger partial charge on any atom is 0.267 e. The van der Waals surface area contributed by atoms with Crippen molar-refractivity contribution in [1.29, 1.82) is 0 Å². The summed E-state index contributed by atoms with van der Waals surface area (Å²) in [6.45, 7) is 5.67. The first-order chi connectivity index (χ1) is 8.13. The van der Waals surface area contributed by atoms with E-state index in [1.165, 1.54) is 11.5 Å². The minimum absolute atomic E-state index is 0.0847. The van der Waals surface area contributed by atoms with Gasteiger partial charge in [0.1, 0.15) is 4.88 Å². The summed E-state index contributed by atoms with van der Waals surface area (Å²) < 4.78 is 3.90. The van der Waals surface area contributed by atoms with E-state index in [9.17, 15) is 4.79 Å². The number of carbonyl (C=O) groups is 1. The maximum absolute atomic E-state index is 12.3. The van der Waals surface area contributed by atoms with Gasteiger partial charge in [-0.1, -0.05) is 18.3 Å². The van der Waals surface area contributed by atoms with E-state index in [1.807, 2.05) is 25.8 Å². The lowest BCUT2D eigenvalue weighted by Crippen LogP contribution is -2.33. The summed E-state index contributed by atoms with van der Waals surface area (Å²) >= 11 is 1.21. The lowest BCUT2D eigenvalue weighted by molar-refractivity contribution is 0.0793. The van der Waals surface area contributed by atoms with Gasteiger partial charge < -0.3 is 10.2 Å². The molecule has 1 atom stereocenters. The Bertz CT molecular complexity index is 404. The second-order valence-electron chi connectivity index (χ2n) is 4.67. The van der Waals surface area contributed by atoms with Gasteiger partial charge >= 0.3 is 0 Å². The molecule has 0 aliphatic carbocycles. The molecule has 1 saturated heterocycles. The van der Waals surface area contributed by atoms with Crippen LogP contribution in [0.5, 0.6) is 0 Å². The summed E-state index contributed by atoms with van der Waals surface area (Å²) in [4.78, 5) is 14.9. The lowest BCUT2D eigenvalue weighted by atomic mass is 10.1. The van der Waals surface area contributed by atoms with Gasteiger partial charge in [-0.25, -0.2) is 0 Å². The van der Waals surface area contributed by atoms with E-state index in [0.717, 1.165) is 25.2 Å². The molecule has 1 unspecified atom stereocenters. The Morgan fingerprint density at radius 1 is 1.59 bits per heavy atom. The van der Waals surface area contributed by atoms with Gasteiger partial charge in [0.2, 0.25) is 0 Å². The fourth-order valence-electron chi connectivity index (χ4n) is 2.05. The molecule has 2 heterocycles. The Labute approximate surface area is 105 Å². The van der Waals surface area contributed by atoms with Crippen molar-refractivity contribution in [2.75, 3.05) is 20.1 Å². The number of likely N-dealkylation sites (N-methyl/N-ethyl adjacent to an activating group) is 1. The van der Waals surface area contributed by atoms with E-state index < -0.39 is 0 Å². The molecule has 1 aliphatic rings. The number of likely N-dealkylation sites (tertiary alicyclic amines) is 1. The van der Waals surface area contributed by atoms with E-state index in [1.54, 1.807) is 0 Å². The third-order valence-electron chi connectivity index (χ3n) is 3.14. The molecule has 1 aromatic rings. The van der Waals surface area contributed by atoms with Crippen molar-refractivity contribution in [3.63, 3.8) is 0 Å². The summed E-state index contributed by atoms with van der Waals surface area (Å²) in [6.07, 6.45) is 1.02. The zero-order valence-corrected chi connectivity index (χ0v) is 11.3. The Kier molecular flexibility index (Phi) is 3.73. The van der Waals surface area contributed by atoms with Crippen LogP contribution in [-0.2, 0) is 0 Å². The number of hydrogen-bond acceptors (Lipinski definition) is 5. The van der Waals surface area contributed by atoms with Crippen LogP contribution in [0.25, 0.3) is 0 Å². The van der Waals surface area contributed by atoms with Crippen LogP contribution in [0.15, 0.2) is 0 Å². The predicted octanol–water partition coefficient (Wildman–Crippen LogP) is 1.10. The largest absolute Gasteiger partial charge is 0.336 e. The van der Waals surface area contributed by atoms with Gasteiger partial charge in [0, 0.05) is 19.1 Å². The topological polar surface area (TPSA) is 58.1 Å². The smallest absolute Gasteiger partial charge is 0.267 e. The van der Waals surface area contributed by atoms with Gasteiger partial charge in [-0.05, 0) is 30.9 Å². The summed E-state index contributed by atoms with van der Waals surface area (Å²) in [5, 5.41) is 7.26. The van der Waals surface area contributed by atoms with Crippen LogP contribution < -0.4 is 5.32 Å². The van der Waals surface area contributed by atoms with Crippen molar-refractivity contribution in [2.45, 2.75) is 32.2 Å². The molecule has 94 valence electrons. The fourth-order valence-corrected chi connectivity index (χ4v) is 2.84. The van der Waals surface area contributed by atoms with Gasteiger partial charge in [-0.2, -0.15) is 0 Å². The lowest BCUT2D eigenvalue weighted by Gasteiger charge is -2.16. The van der Waals surface area contributed by atoms with E-state index >= 15 is 0 Å². The van der Waals surface area contributed by atoms with Crippen molar-refractivity contribution < 1.29 is 4.79 Å². The Hall–Kier alpha value is -1.01. The third-order valence-corrected chi connectivity index (χ3v) is 3.87. The Balaban J connectivity index is 2.12. The van der Waals surface area contributed by atoms with E-state index in [-0.39, 0.29) is 11.8 Å². The van der Waals surface area contributed by atoms with Gasteiger partial charge in [0.25, 0.3) is 5.91 Å². The highest BCUT2D eigenvalue weighted by Gasteiger charge is 2.29. The van der Waals surface area contributed by atoms with Crippen LogP contribution in [0.2, 0.25) is 0 Å². The molecule has 1 aromatic heterocycles. The number of aromatic nitrogens is 2. The molecule has 17 heavy (non-hydrogen) atoms. The molecular formula is C11H18N4OS. The average molecular weight is 254 g/mol. The molecule has 1 aliphatic heterocycles. The Morgan fingerprint density at radius 3 is 2.94 bits per heavy atom. The molecule has 0 radical (unpaired) electrons. The number of rotatable bonds is 3. The predicted molar refractivity (Wildman–Crippen MR) is 67.4 cm³/mol. The van der Waals surface area contributed by atoms with Crippen LogP contribution in [0, 0.1) is 0 Å². The van der Waals surface area contributed by atoms with Crippen LogP contribution in [0.3, 0.4) is 0 Å². The normalized spacial score (nSPS) is 20.2. The minimum atomic E-state index is 0.0847. The number of nitrogens with zero attached hydrogens (tertiary/aromatic N) is 3. The Morgan fingerprint density at radius 2 is 2.35 bits per heavy atom. The first kappa shape index (κ1) is 12.4. The highest BCUT2D eigenvalue weighted by atomic mass is 32.1. The second-order valence-corrected chi connectivity index (χ2v) is 5.42. The standard InChI is InChI=1S/C11H18N4OS/c1-7(2)9-10(17-14-13-9)11(16)15-5-4-8(6-15)12-3/h7-8,12H,4-6H2,1-3H3. The number of nitrogens with one attached hydrogen (secondary N) is 1. The molecule has 0 aromatic carbocycles. The van der Waals surface area contributed by atoms with Gasteiger partial charge in [-0.3, -0.25) is 4.79 Å². The second kappa shape index (κ2) is 5.10. The van der Waals surface area contributed by atoms with E-state index in [4.69, 9.17) is 0 Å². The van der Waals surface area contributed by atoms with Crippen molar-refractivity contribution in [3.8, 4) is 0 Å². The molecule has 0 spiro atoms. The molecule has 1 N–H and O–H groups in total. The quantitative estimate of drug-likeness (QED) is 0.877. The molecule has 0 saturated carbocycles. The summed E-state index contributed by atoms with van der Waals surface area (Å²) in [7, 11) is 1.94. The van der Waals surface area contributed by atoms with Crippen LogP contribution in [0.1, 0.15) is 41.6 Å². The summed E-state index contributed by atoms with van der Waals surface area (Å²) in [5.41, 5.74) is 0.827. The number of amides is 1. The van der Waals surface area contributed by atoms with Crippen LogP contribution in [0.4, 0.5) is 0 Å². The molecule has 0 bridgehead atoms. The van der Waals surface area contributed by atoms with Crippen LogP contribution >= 0.6 is 11.5 Å². The minimum Gasteiger partial charge on any atom is -0.336 e. The molecule has 1 amide bonds. The fraction of sp³-hybridized carbons (Fsp3) is 0.727. The highest BCUT2D eigenvalue weighted by molar-refractivity contribution is 7.08. The highest BCUT2D eigenvalue weighted by Crippen LogP contribution is 2.23. The van der Waals surface area contributed by atoms with E-state index in [2.05, 4.69) is 14.9 Å². The van der Waals surface area contributed by atoms with E-state index in [0.29, 0.717) is 10.9 Å². The molecule has 6 heteroatoms. The van der Waals surface area contributed by atoms with Gasteiger partial charge in [0.15, 0.2) is 0 Å². The SMILES string of the molecule is CNC1CCN(C(=O)c2snnc2C(C)C)C1. The van der Waals surface area contributed by atoms with Crippen LogP contribution in [-0.4, -0.2) is 46.6 Å². The zero-order valence-electron chi connectivity index (χ0n) is 10.4. The first-order valence-corrected chi connectivity index (χ1v) is 6.69. The molecule has 1 fully saturated rings. The van der Waals surface area contributed by atoms with Crippen molar-refractivity contribution in [3.05, 3.63) is 10.6 Å². The molecule has 5 nitrogen and oxygen atoms in total.